The highest BCUT2D eigenvalue weighted by Crippen LogP contribution is 2.24. The van der Waals surface area contributed by atoms with Crippen LogP contribution in [0.2, 0.25) is 0 Å². The van der Waals surface area contributed by atoms with Crippen LogP contribution in [0.5, 0.6) is 0 Å². The van der Waals surface area contributed by atoms with Gasteiger partial charge in [-0.25, -0.2) is 0 Å². The SMILES string of the molecule is O=C(O)CCCCNc1ccc2c(c1)CCC2. The minimum Gasteiger partial charge on any atom is -0.481 e. The molecule has 1 aromatic rings. The molecule has 3 heteroatoms. The number of unbranched alkanes of at least 4 members (excludes halogenated alkanes) is 1. The van der Waals surface area contributed by atoms with Gasteiger partial charge in [0.1, 0.15) is 0 Å². The topological polar surface area (TPSA) is 49.3 Å². The molecule has 17 heavy (non-hydrogen) atoms. The summed E-state index contributed by atoms with van der Waals surface area (Å²) >= 11 is 0. The van der Waals surface area contributed by atoms with E-state index in [0.29, 0.717) is 0 Å². The van der Waals surface area contributed by atoms with Crippen molar-refractivity contribution in [2.24, 2.45) is 0 Å². The molecule has 1 aromatic carbocycles. The molecule has 1 aliphatic carbocycles. The number of fused-ring (bicyclic) bond motifs is 1. The van der Waals surface area contributed by atoms with Gasteiger partial charge in [0.2, 0.25) is 0 Å². The van der Waals surface area contributed by atoms with Crippen LogP contribution in [0.4, 0.5) is 5.69 Å². The minimum absolute atomic E-state index is 0.270. The Morgan fingerprint density at radius 3 is 2.88 bits per heavy atom. The van der Waals surface area contributed by atoms with Gasteiger partial charge in [0.25, 0.3) is 0 Å². The molecular weight excluding hydrogens is 214 g/mol. The lowest BCUT2D eigenvalue weighted by molar-refractivity contribution is -0.137. The van der Waals surface area contributed by atoms with Crippen LogP contribution in [0.1, 0.15) is 36.8 Å². The molecule has 0 heterocycles. The molecule has 0 unspecified atom stereocenters. The van der Waals surface area contributed by atoms with E-state index in [4.69, 9.17) is 5.11 Å². The van der Waals surface area contributed by atoms with Crippen molar-refractivity contribution in [3.8, 4) is 0 Å². The Balaban J connectivity index is 1.74. The molecule has 0 amide bonds. The van der Waals surface area contributed by atoms with Gasteiger partial charge < -0.3 is 10.4 Å². The lowest BCUT2D eigenvalue weighted by Crippen LogP contribution is -2.03. The normalized spacial score (nSPS) is 13.4. The molecular formula is C14H19NO2. The van der Waals surface area contributed by atoms with Gasteiger partial charge in [0.05, 0.1) is 0 Å². The van der Waals surface area contributed by atoms with E-state index in [9.17, 15) is 4.79 Å². The largest absolute Gasteiger partial charge is 0.481 e. The second kappa shape index (κ2) is 5.71. The number of carbonyl (C=O) groups is 1. The quantitative estimate of drug-likeness (QED) is 0.743. The van der Waals surface area contributed by atoms with E-state index < -0.39 is 5.97 Å². The number of carboxylic acids is 1. The zero-order valence-corrected chi connectivity index (χ0v) is 10.0. The molecule has 1 aliphatic rings. The lowest BCUT2D eigenvalue weighted by Gasteiger charge is -2.08. The van der Waals surface area contributed by atoms with Gasteiger partial charge in [-0.15, -0.1) is 0 Å². The molecule has 2 N–H and O–H groups in total. The molecule has 0 saturated heterocycles. The monoisotopic (exact) mass is 233 g/mol. The number of aryl methyl sites for hydroxylation is 2. The van der Waals surface area contributed by atoms with Crippen molar-refractivity contribution in [2.45, 2.75) is 38.5 Å². The number of benzene rings is 1. The first kappa shape index (κ1) is 12.0. The third-order valence-electron chi connectivity index (χ3n) is 3.25. The Labute approximate surface area is 102 Å². The zero-order chi connectivity index (χ0) is 12.1. The number of nitrogens with one attached hydrogen (secondary N) is 1. The Hall–Kier alpha value is -1.51. The first-order valence-corrected chi connectivity index (χ1v) is 6.33. The first-order chi connectivity index (χ1) is 8.25. The van der Waals surface area contributed by atoms with Gasteiger partial charge in [0, 0.05) is 18.7 Å². The molecule has 0 fully saturated rings. The summed E-state index contributed by atoms with van der Waals surface area (Å²) < 4.78 is 0. The number of hydrogen-bond donors (Lipinski definition) is 2. The van der Waals surface area contributed by atoms with E-state index in [1.807, 2.05) is 0 Å². The number of anilines is 1. The molecule has 0 aromatic heterocycles. The van der Waals surface area contributed by atoms with Gasteiger partial charge in [-0.1, -0.05) is 6.07 Å². The van der Waals surface area contributed by atoms with Gasteiger partial charge in [-0.3, -0.25) is 4.79 Å². The third-order valence-corrected chi connectivity index (χ3v) is 3.25. The smallest absolute Gasteiger partial charge is 0.303 e. The minimum atomic E-state index is -0.706. The third kappa shape index (κ3) is 3.48. The summed E-state index contributed by atoms with van der Waals surface area (Å²) in [5, 5.41) is 11.9. The maximum absolute atomic E-state index is 10.3. The van der Waals surface area contributed by atoms with Crippen molar-refractivity contribution < 1.29 is 9.90 Å². The Bertz CT molecular complexity index is 401. The summed E-state index contributed by atoms with van der Waals surface area (Å²) in [6.45, 7) is 0.853. The average molecular weight is 233 g/mol. The second-order valence-electron chi connectivity index (χ2n) is 4.61. The molecule has 0 aliphatic heterocycles. The summed E-state index contributed by atoms with van der Waals surface area (Å²) in [6, 6.07) is 6.57. The standard InChI is InChI=1S/C14H19NO2/c16-14(17)6-1-2-9-15-13-8-7-11-4-3-5-12(11)10-13/h7-8,10,15H,1-6,9H2,(H,16,17). The van der Waals surface area contributed by atoms with E-state index in [1.165, 1.54) is 36.1 Å². The molecule has 0 radical (unpaired) electrons. The number of aliphatic carboxylic acids is 1. The molecule has 92 valence electrons. The maximum atomic E-state index is 10.3. The summed E-state index contributed by atoms with van der Waals surface area (Å²) in [5.41, 5.74) is 4.13. The Morgan fingerprint density at radius 1 is 1.24 bits per heavy atom. The highest BCUT2D eigenvalue weighted by molar-refractivity contribution is 5.66. The molecule has 0 bridgehead atoms. The molecule has 0 saturated carbocycles. The van der Waals surface area contributed by atoms with Crippen LogP contribution in [-0.4, -0.2) is 17.6 Å². The van der Waals surface area contributed by atoms with Crippen molar-refractivity contribution in [2.75, 3.05) is 11.9 Å². The highest BCUT2D eigenvalue weighted by Gasteiger charge is 2.10. The zero-order valence-electron chi connectivity index (χ0n) is 10.0. The summed E-state index contributed by atoms with van der Waals surface area (Å²) in [6.07, 6.45) is 5.61. The van der Waals surface area contributed by atoms with E-state index in [2.05, 4.69) is 23.5 Å². The van der Waals surface area contributed by atoms with Crippen LogP contribution >= 0.6 is 0 Å². The van der Waals surface area contributed by atoms with Crippen molar-refractivity contribution in [1.82, 2.24) is 0 Å². The molecule has 2 rings (SSSR count). The van der Waals surface area contributed by atoms with Crippen LogP contribution in [0.25, 0.3) is 0 Å². The first-order valence-electron chi connectivity index (χ1n) is 6.33. The van der Waals surface area contributed by atoms with Crippen molar-refractivity contribution in [1.29, 1.82) is 0 Å². The fourth-order valence-corrected chi connectivity index (χ4v) is 2.32. The molecule has 3 nitrogen and oxygen atoms in total. The predicted octanol–water partition coefficient (Wildman–Crippen LogP) is 2.84. The summed E-state index contributed by atoms with van der Waals surface area (Å²) in [7, 11) is 0. The van der Waals surface area contributed by atoms with E-state index >= 15 is 0 Å². The van der Waals surface area contributed by atoms with Crippen LogP contribution in [0.3, 0.4) is 0 Å². The summed E-state index contributed by atoms with van der Waals surface area (Å²) in [4.78, 5) is 10.3. The van der Waals surface area contributed by atoms with Crippen molar-refractivity contribution in [3.63, 3.8) is 0 Å². The van der Waals surface area contributed by atoms with Crippen LogP contribution in [0, 0.1) is 0 Å². The van der Waals surface area contributed by atoms with E-state index in [1.54, 1.807) is 0 Å². The predicted molar refractivity (Wildman–Crippen MR) is 68.4 cm³/mol. The van der Waals surface area contributed by atoms with Gasteiger partial charge in [-0.2, -0.15) is 0 Å². The van der Waals surface area contributed by atoms with Gasteiger partial charge in [-0.05, 0) is 55.4 Å². The maximum Gasteiger partial charge on any atom is 0.303 e. The number of hydrogen-bond acceptors (Lipinski definition) is 2. The number of rotatable bonds is 6. The lowest BCUT2D eigenvalue weighted by atomic mass is 10.1. The van der Waals surface area contributed by atoms with Gasteiger partial charge in [0.15, 0.2) is 0 Å². The molecule has 0 spiro atoms. The van der Waals surface area contributed by atoms with E-state index in [0.717, 1.165) is 19.4 Å². The fraction of sp³-hybridized carbons (Fsp3) is 0.500. The van der Waals surface area contributed by atoms with Crippen LogP contribution in [-0.2, 0) is 17.6 Å². The van der Waals surface area contributed by atoms with E-state index in [-0.39, 0.29) is 6.42 Å². The van der Waals surface area contributed by atoms with Crippen molar-refractivity contribution >= 4 is 11.7 Å². The molecule has 0 atom stereocenters. The Kier molecular flexibility index (Phi) is 4.02. The fourth-order valence-electron chi connectivity index (χ4n) is 2.32. The van der Waals surface area contributed by atoms with Crippen LogP contribution < -0.4 is 5.32 Å². The van der Waals surface area contributed by atoms with Crippen LogP contribution in [0.15, 0.2) is 18.2 Å². The second-order valence-corrected chi connectivity index (χ2v) is 4.61. The number of carboxylic acid groups (broad SMARTS) is 1. The van der Waals surface area contributed by atoms with Crippen molar-refractivity contribution in [3.05, 3.63) is 29.3 Å². The average Bonchev–Trinajstić information content (AvgIpc) is 2.75. The summed E-state index contributed by atoms with van der Waals surface area (Å²) in [5.74, 6) is -0.706. The highest BCUT2D eigenvalue weighted by atomic mass is 16.4. The van der Waals surface area contributed by atoms with Gasteiger partial charge >= 0.3 is 5.97 Å². The Morgan fingerprint density at radius 2 is 2.06 bits per heavy atom.